The molecule has 0 fully saturated rings. The Morgan fingerprint density at radius 3 is 2.55 bits per heavy atom. The fourth-order valence-electron chi connectivity index (χ4n) is 4.49. The summed E-state index contributed by atoms with van der Waals surface area (Å²) in [5, 5.41) is 0.718. The van der Waals surface area contributed by atoms with Crippen LogP contribution in [0.25, 0.3) is 22.1 Å². The maximum Gasteiger partial charge on any atom is 0.310 e. The first-order valence-electron chi connectivity index (χ1n) is 13.6. The van der Waals surface area contributed by atoms with Crippen LogP contribution in [0.15, 0.2) is 53.1 Å². The molecule has 0 spiro atoms. The molecule has 0 aliphatic rings. The second-order valence-electron chi connectivity index (χ2n) is 10.8. The summed E-state index contributed by atoms with van der Waals surface area (Å²) in [6, 6.07) is 11.0. The summed E-state index contributed by atoms with van der Waals surface area (Å²) in [5.41, 5.74) is 2.54. The number of hydrogen-bond acceptors (Lipinski definition) is 7. The molecule has 7 nitrogen and oxygen atoms in total. The van der Waals surface area contributed by atoms with E-state index in [0.29, 0.717) is 33.8 Å². The SMILES string of the molecule is CCOC(=O)Cc1cc(F)ccc1OCc1cc(-c2ccnc(CC[S@@](=O)C(C)(C)C)c2F)c2oc(COC)cc2c1. The number of carbonyl (C=O) groups excluding carboxylic acids is 1. The highest BCUT2D eigenvalue weighted by Crippen LogP contribution is 2.35. The lowest BCUT2D eigenvalue weighted by Crippen LogP contribution is -2.25. The van der Waals surface area contributed by atoms with E-state index >= 15 is 4.39 Å². The van der Waals surface area contributed by atoms with E-state index in [0.717, 1.165) is 5.39 Å². The van der Waals surface area contributed by atoms with E-state index in [4.69, 9.17) is 18.6 Å². The Labute approximate surface area is 246 Å². The van der Waals surface area contributed by atoms with Gasteiger partial charge in [-0.3, -0.25) is 14.0 Å². The van der Waals surface area contributed by atoms with Crippen LogP contribution in [0, 0.1) is 11.6 Å². The number of nitrogens with zero attached hydrogens (tertiary/aromatic N) is 1. The molecule has 2 aromatic heterocycles. The molecule has 0 aliphatic heterocycles. The summed E-state index contributed by atoms with van der Waals surface area (Å²) in [4.78, 5) is 16.3. The second-order valence-corrected chi connectivity index (χ2v) is 13.1. The van der Waals surface area contributed by atoms with Crippen molar-refractivity contribution in [1.29, 1.82) is 0 Å². The summed E-state index contributed by atoms with van der Waals surface area (Å²) in [7, 11) is 0.396. The Kier molecular flexibility index (Phi) is 10.1. The number of furan rings is 1. The maximum atomic E-state index is 15.9. The monoisotopic (exact) mass is 599 g/mol. The lowest BCUT2D eigenvalue weighted by molar-refractivity contribution is -0.142. The van der Waals surface area contributed by atoms with Crippen LogP contribution < -0.4 is 4.74 Å². The molecule has 224 valence electrons. The standard InChI is InChI=1S/C32H35F2NO6S/c1-6-39-29(36)17-21-15-23(33)7-8-28(21)40-18-20-13-22-16-24(19-38-5)41-31(22)26(14-20)25-9-11-35-27(30(25)34)10-12-42(37)32(2,3)4/h7-9,11,13-16H,6,10,12,17-19H2,1-5H3/t42-/m1/s1. The van der Waals surface area contributed by atoms with E-state index in [9.17, 15) is 13.4 Å². The number of aromatic nitrogens is 1. The van der Waals surface area contributed by atoms with Crippen LogP contribution in [-0.2, 0) is 51.1 Å². The van der Waals surface area contributed by atoms with Crippen molar-refractivity contribution in [2.45, 2.75) is 58.5 Å². The van der Waals surface area contributed by atoms with Crippen LogP contribution in [0.2, 0.25) is 0 Å². The van der Waals surface area contributed by atoms with Gasteiger partial charge in [0.25, 0.3) is 0 Å². The highest BCUT2D eigenvalue weighted by molar-refractivity contribution is 7.86. The van der Waals surface area contributed by atoms with Gasteiger partial charge < -0.3 is 18.6 Å². The second kappa shape index (κ2) is 13.6. The van der Waals surface area contributed by atoms with Crippen molar-refractivity contribution in [2.24, 2.45) is 0 Å². The van der Waals surface area contributed by atoms with E-state index in [2.05, 4.69) is 4.98 Å². The third kappa shape index (κ3) is 7.60. The molecule has 4 rings (SSSR count). The van der Waals surface area contributed by atoms with Crippen LogP contribution in [-0.4, -0.2) is 39.4 Å². The number of carbonyl (C=O) groups is 1. The van der Waals surface area contributed by atoms with Gasteiger partial charge in [0.2, 0.25) is 0 Å². The predicted molar refractivity (Wildman–Crippen MR) is 158 cm³/mol. The van der Waals surface area contributed by atoms with Gasteiger partial charge in [-0.15, -0.1) is 0 Å². The highest BCUT2D eigenvalue weighted by atomic mass is 32.2. The zero-order valence-electron chi connectivity index (χ0n) is 24.4. The molecule has 42 heavy (non-hydrogen) atoms. The lowest BCUT2D eigenvalue weighted by atomic mass is 9.99. The number of rotatable bonds is 12. The Morgan fingerprint density at radius 1 is 1.05 bits per heavy atom. The van der Waals surface area contributed by atoms with Crippen LogP contribution in [0.1, 0.15) is 50.3 Å². The fourth-order valence-corrected chi connectivity index (χ4v) is 5.48. The number of methoxy groups -OCH3 is 1. The average Bonchev–Trinajstić information content (AvgIpc) is 3.34. The van der Waals surface area contributed by atoms with Crippen molar-refractivity contribution < 1.29 is 36.4 Å². The van der Waals surface area contributed by atoms with E-state index in [1.54, 1.807) is 26.2 Å². The Morgan fingerprint density at radius 2 is 1.83 bits per heavy atom. The van der Waals surface area contributed by atoms with E-state index in [-0.39, 0.29) is 49.7 Å². The normalized spacial score (nSPS) is 12.5. The Bertz CT molecular complexity index is 1590. The summed E-state index contributed by atoms with van der Waals surface area (Å²) in [5.74, 6) is -0.312. The molecule has 2 aromatic carbocycles. The summed E-state index contributed by atoms with van der Waals surface area (Å²) >= 11 is 0. The summed E-state index contributed by atoms with van der Waals surface area (Å²) in [6.07, 6.45) is 1.61. The first-order valence-corrected chi connectivity index (χ1v) is 15.0. The molecular weight excluding hydrogens is 564 g/mol. The molecule has 0 N–H and O–H groups in total. The van der Waals surface area contributed by atoms with Crippen LogP contribution >= 0.6 is 0 Å². The summed E-state index contributed by atoms with van der Waals surface area (Å²) in [6.45, 7) is 7.85. The molecule has 0 radical (unpaired) electrons. The average molecular weight is 600 g/mol. The molecule has 1 atom stereocenters. The van der Waals surface area contributed by atoms with Crippen molar-refractivity contribution in [3.63, 3.8) is 0 Å². The van der Waals surface area contributed by atoms with Gasteiger partial charge in [0.05, 0.1) is 18.7 Å². The lowest BCUT2D eigenvalue weighted by Gasteiger charge is -2.17. The number of benzene rings is 2. The zero-order valence-corrected chi connectivity index (χ0v) is 25.2. The van der Waals surface area contributed by atoms with Gasteiger partial charge in [-0.2, -0.15) is 0 Å². The van der Waals surface area contributed by atoms with Gasteiger partial charge in [-0.05, 0) is 75.7 Å². The molecule has 10 heteroatoms. The van der Waals surface area contributed by atoms with Gasteiger partial charge in [-0.1, -0.05) is 0 Å². The van der Waals surface area contributed by atoms with Crippen molar-refractivity contribution in [2.75, 3.05) is 19.5 Å². The number of aryl methyl sites for hydroxylation is 1. The first-order chi connectivity index (χ1) is 20.0. The number of hydrogen-bond donors (Lipinski definition) is 0. The molecule has 0 unspecified atom stereocenters. The maximum absolute atomic E-state index is 15.9. The van der Waals surface area contributed by atoms with Crippen molar-refractivity contribution in [1.82, 2.24) is 4.98 Å². The largest absolute Gasteiger partial charge is 0.489 e. The first kappa shape index (κ1) is 31.3. The fraction of sp³-hybridized carbons (Fsp3) is 0.375. The van der Waals surface area contributed by atoms with E-state index in [1.807, 2.05) is 32.9 Å². The van der Waals surface area contributed by atoms with Gasteiger partial charge in [0.1, 0.15) is 36.1 Å². The van der Waals surface area contributed by atoms with Gasteiger partial charge in [0.15, 0.2) is 5.82 Å². The number of pyridine rings is 1. The minimum Gasteiger partial charge on any atom is -0.489 e. The Hall–Kier alpha value is -3.63. The number of fused-ring (bicyclic) bond motifs is 1. The minimum absolute atomic E-state index is 0.0549. The quantitative estimate of drug-likeness (QED) is 0.168. The molecule has 2 heterocycles. The zero-order chi connectivity index (χ0) is 30.4. The third-order valence-electron chi connectivity index (χ3n) is 6.53. The third-order valence-corrected chi connectivity index (χ3v) is 8.47. The van der Waals surface area contributed by atoms with Gasteiger partial charge in [-0.25, -0.2) is 8.78 Å². The van der Waals surface area contributed by atoms with Crippen molar-refractivity contribution in [3.05, 3.63) is 82.9 Å². The van der Waals surface area contributed by atoms with Crippen LogP contribution in [0.4, 0.5) is 8.78 Å². The minimum atomic E-state index is -1.16. The van der Waals surface area contributed by atoms with Crippen LogP contribution in [0.3, 0.4) is 0 Å². The van der Waals surface area contributed by atoms with Gasteiger partial charge >= 0.3 is 5.97 Å². The highest BCUT2D eigenvalue weighted by Gasteiger charge is 2.22. The predicted octanol–water partition coefficient (Wildman–Crippen LogP) is 6.69. The molecule has 0 amide bonds. The van der Waals surface area contributed by atoms with Crippen LogP contribution in [0.5, 0.6) is 5.75 Å². The van der Waals surface area contributed by atoms with Gasteiger partial charge in [0, 0.05) is 63.1 Å². The number of ether oxygens (including phenoxy) is 3. The molecule has 0 saturated heterocycles. The summed E-state index contributed by atoms with van der Waals surface area (Å²) < 4.78 is 64.4. The van der Waals surface area contributed by atoms with Crippen molar-refractivity contribution >= 4 is 27.7 Å². The number of halogens is 2. The van der Waals surface area contributed by atoms with Crippen molar-refractivity contribution in [3.8, 4) is 16.9 Å². The molecule has 0 aliphatic carbocycles. The molecule has 4 aromatic rings. The Balaban J connectivity index is 1.69. The number of esters is 1. The molecular formula is C32H35F2NO6S. The topological polar surface area (TPSA) is 87.9 Å². The van der Waals surface area contributed by atoms with E-state index in [1.165, 1.54) is 24.4 Å². The van der Waals surface area contributed by atoms with E-state index < -0.39 is 33.2 Å². The molecule has 0 bridgehead atoms. The molecule has 0 saturated carbocycles. The smallest absolute Gasteiger partial charge is 0.310 e.